The highest BCUT2D eigenvalue weighted by Crippen LogP contribution is 2.40. The number of carbonyl (C=O) groups is 2. The van der Waals surface area contributed by atoms with Crippen LogP contribution in [0.3, 0.4) is 0 Å². The van der Waals surface area contributed by atoms with Crippen LogP contribution in [0.15, 0.2) is 36.4 Å². The summed E-state index contributed by atoms with van der Waals surface area (Å²) < 4.78 is 38.1. The number of carbonyl (C=O) groups excluding carboxylic acids is 2. The zero-order valence-corrected chi connectivity index (χ0v) is 27.5. The van der Waals surface area contributed by atoms with Crippen LogP contribution in [-0.4, -0.2) is 85.7 Å². The molecule has 10 heteroatoms. The summed E-state index contributed by atoms with van der Waals surface area (Å²) in [6, 6.07) is 8.07. The third-order valence-electron chi connectivity index (χ3n) is 7.23. The predicted molar refractivity (Wildman–Crippen MR) is 170 cm³/mol. The first-order valence-corrected chi connectivity index (χ1v) is 14.9. The van der Waals surface area contributed by atoms with Gasteiger partial charge in [-0.15, -0.1) is 0 Å². The molecule has 0 amide bonds. The molecule has 2 rings (SSSR count). The molecule has 244 valence electrons. The largest absolute Gasteiger partial charge is 0.493 e. The molecule has 2 aromatic rings. The molecule has 0 radical (unpaired) electrons. The smallest absolute Gasteiger partial charge is 0.331 e. The number of ether oxygens (including phenoxy) is 7. The van der Waals surface area contributed by atoms with E-state index in [2.05, 4.69) is 24.0 Å². The average Bonchev–Trinajstić information content (AvgIpc) is 3.03. The Labute approximate surface area is 262 Å². The van der Waals surface area contributed by atoms with Crippen molar-refractivity contribution in [2.24, 2.45) is 0 Å². The molecule has 44 heavy (non-hydrogen) atoms. The van der Waals surface area contributed by atoms with Gasteiger partial charge in [0.15, 0.2) is 23.0 Å². The van der Waals surface area contributed by atoms with Crippen LogP contribution in [0.1, 0.15) is 55.7 Å². The molecule has 2 aromatic carbocycles. The van der Waals surface area contributed by atoms with Crippen molar-refractivity contribution in [1.29, 1.82) is 0 Å². The van der Waals surface area contributed by atoms with Crippen LogP contribution in [0.5, 0.6) is 28.7 Å². The van der Waals surface area contributed by atoms with E-state index in [0.717, 1.165) is 62.1 Å². The highest BCUT2D eigenvalue weighted by molar-refractivity contribution is 5.91. The summed E-state index contributed by atoms with van der Waals surface area (Å²) in [5.74, 6) is 2.22. The van der Waals surface area contributed by atoms with Crippen LogP contribution < -0.4 is 23.7 Å². The molecule has 0 bridgehead atoms. The fourth-order valence-corrected chi connectivity index (χ4v) is 4.81. The number of unbranched alkanes of at least 4 members (excludes halogenated alkanes) is 1. The normalized spacial score (nSPS) is 11.8. The maximum Gasteiger partial charge on any atom is 0.331 e. The minimum absolute atomic E-state index is 0.148. The van der Waals surface area contributed by atoms with Gasteiger partial charge in [0.1, 0.15) is 0 Å². The van der Waals surface area contributed by atoms with E-state index < -0.39 is 11.9 Å². The van der Waals surface area contributed by atoms with E-state index in [0.29, 0.717) is 41.8 Å². The van der Waals surface area contributed by atoms with Gasteiger partial charge in [-0.05, 0) is 79.6 Å². The summed E-state index contributed by atoms with van der Waals surface area (Å²) in [5.41, 5.74) is 3.39. The summed E-state index contributed by atoms with van der Waals surface area (Å²) in [6.45, 7) is 6.32. The van der Waals surface area contributed by atoms with Crippen LogP contribution in [-0.2, 0) is 31.9 Å². The molecule has 1 atom stereocenters. The lowest BCUT2D eigenvalue weighted by Crippen LogP contribution is -2.24. The Bertz CT molecular complexity index is 1200. The minimum Gasteiger partial charge on any atom is -0.493 e. The Hall–Kier alpha value is -3.92. The number of rotatable bonds is 20. The van der Waals surface area contributed by atoms with E-state index in [1.54, 1.807) is 35.5 Å². The van der Waals surface area contributed by atoms with Gasteiger partial charge in [-0.25, -0.2) is 9.59 Å². The molecule has 0 unspecified atom stereocenters. The first kappa shape index (κ1) is 36.3. The molecule has 0 spiro atoms. The molecule has 0 N–H and O–H groups in total. The van der Waals surface area contributed by atoms with Crippen molar-refractivity contribution in [3.63, 3.8) is 0 Å². The van der Waals surface area contributed by atoms with Gasteiger partial charge < -0.3 is 38.1 Å². The zero-order valence-electron chi connectivity index (χ0n) is 27.5. The van der Waals surface area contributed by atoms with Crippen LogP contribution in [0.4, 0.5) is 0 Å². The molecule has 0 heterocycles. The maximum absolute atomic E-state index is 11.9. The van der Waals surface area contributed by atoms with Gasteiger partial charge in [0.25, 0.3) is 0 Å². The zero-order chi connectivity index (χ0) is 32.5. The number of benzene rings is 2. The van der Waals surface area contributed by atoms with Crippen molar-refractivity contribution in [3.8, 4) is 28.7 Å². The van der Waals surface area contributed by atoms with Crippen molar-refractivity contribution in [2.75, 3.05) is 68.9 Å². The van der Waals surface area contributed by atoms with Crippen molar-refractivity contribution in [3.05, 3.63) is 53.1 Å². The Balaban J connectivity index is 2.03. The lowest BCUT2D eigenvalue weighted by atomic mass is 9.88. The molecule has 0 aliphatic carbocycles. The summed E-state index contributed by atoms with van der Waals surface area (Å²) in [6.07, 6.45) is 6.12. The van der Waals surface area contributed by atoms with E-state index in [-0.39, 0.29) is 12.5 Å². The Morgan fingerprint density at radius 2 is 1.30 bits per heavy atom. The first-order chi connectivity index (χ1) is 21.2. The van der Waals surface area contributed by atoms with Crippen LogP contribution >= 0.6 is 0 Å². The summed E-state index contributed by atoms with van der Waals surface area (Å²) in [4.78, 5) is 25.7. The van der Waals surface area contributed by atoms with Crippen molar-refractivity contribution < 1.29 is 42.7 Å². The van der Waals surface area contributed by atoms with Gasteiger partial charge in [0.2, 0.25) is 5.75 Å². The molecule has 0 saturated carbocycles. The van der Waals surface area contributed by atoms with Gasteiger partial charge in [0, 0.05) is 25.2 Å². The lowest BCUT2D eigenvalue weighted by Gasteiger charge is -2.23. The predicted octanol–water partition coefficient (Wildman–Crippen LogP) is 5.38. The summed E-state index contributed by atoms with van der Waals surface area (Å²) in [7, 11) is 10.1. The summed E-state index contributed by atoms with van der Waals surface area (Å²) >= 11 is 0. The Kier molecular flexibility index (Phi) is 16.0. The van der Waals surface area contributed by atoms with E-state index in [1.807, 2.05) is 26.1 Å². The van der Waals surface area contributed by atoms with E-state index in [9.17, 15) is 9.59 Å². The van der Waals surface area contributed by atoms with Crippen LogP contribution in [0.2, 0.25) is 0 Å². The number of likely N-dealkylation sites (N-methyl/N-ethyl adjacent to an activating group) is 1. The molecule has 0 saturated heterocycles. The molecule has 0 fully saturated rings. The van der Waals surface area contributed by atoms with Crippen molar-refractivity contribution >= 4 is 11.9 Å². The molecule has 0 aliphatic heterocycles. The van der Waals surface area contributed by atoms with Gasteiger partial charge in [0.05, 0.1) is 48.8 Å². The SMILES string of the molecule is CCCCOC(=O)/C=C\C(=O)OCCCN(C)CCc1cc(OC)c(OC)cc1[C@H](C)Cc1cc(OC)c(OC)c(OC)c1. The second-order valence-electron chi connectivity index (χ2n) is 10.5. The molecule has 0 aliphatic rings. The molecule has 0 aromatic heterocycles. The third-order valence-corrected chi connectivity index (χ3v) is 7.23. The number of methoxy groups -OCH3 is 5. The lowest BCUT2D eigenvalue weighted by molar-refractivity contribution is -0.140. The number of nitrogens with zero attached hydrogens (tertiary/aromatic N) is 1. The van der Waals surface area contributed by atoms with E-state index in [4.69, 9.17) is 33.2 Å². The third kappa shape index (κ3) is 11.3. The fourth-order valence-electron chi connectivity index (χ4n) is 4.81. The highest BCUT2D eigenvalue weighted by atomic mass is 16.5. The Morgan fingerprint density at radius 1 is 0.750 bits per heavy atom. The number of hydrogen-bond acceptors (Lipinski definition) is 10. The number of hydrogen-bond donors (Lipinski definition) is 0. The average molecular weight is 616 g/mol. The molecule has 10 nitrogen and oxygen atoms in total. The molecular weight excluding hydrogens is 566 g/mol. The van der Waals surface area contributed by atoms with Gasteiger partial charge in [-0.1, -0.05) is 20.3 Å². The van der Waals surface area contributed by atoms with Crippen LogP contribution in [0, 0.1) is 0 Å². The maximum atomic E-state index is 11.9. The number of esters is 2. The highest BCUT2D eigenvalue weighted by Gasteiger charge is 2.20. The van der Waals surface area contributed by atoms with E-state index >= 15 is 0 Å². The van der Waals surface area contributed by atoms with Gasteiger partial charge in [-0.3, -0.25) is 0 Å². The standard InChI is InChI=1S/C34H49NO9/c1-9-10-17-43-32(36)12-13-33(37)44-18-11-15-35(3)16-14-26-22-28(38-4)29(39-5)23-27(26)24(2)19-25-20-30(40-6)34(42-8)31(21-25)41-7/h12-13,20-24H,9-11,14-19H2,1-8H3/b13-12-/t24-/m1/s1. The minimum atomic E-state index is -0.559. The van der Waals surface area contributed by atoms with E-state index in [1.165, 1.54) is 5.56 Å². The topological polar surface area (TPSA) is 102 Å². The van der Waals surface area contributed by atoms with Gasteiger partial charge >= 0.3 is 11.9 Å². The first-order valence-electron chi connectivity index (χ1n) is 14.9. The quantitative estimate of drug-likeness (QED) is 0.110. The van der Waals surface area contributed by atoms with Crippen LogP contribution in [0.25, 0.3) is 0 Å². The van der Waals surface area contributed by atoms with Crippen molar-refractivity contribution in [2.45, 2.75) is 51.9 Å². The Morgan fingerprint density at radius 3 is 1.82 bits per heavy atom. The molecular formula is C34H49NO9. The summed E-state index contributed by atoms with van der Waals surface area (Å²) in [5, 5.41) is 0. The second kappa shape index (κ2) is 19.4. The monoisotopic (exact) mass is 615 g/mol. The second-order valence-corrected chi connectivity index (χ2v) is 10.5. The van der Waals surface area contributed by atoms with Crippen molar-refractivity contribution in [1.82, 2.24) is 4.90 Å². The van der Waals surface area contributed by atoms with Gasteiger partial charge in [-0.2, -0.15) is 0 Å². The fraction of sp³-hybridized carbons (Fsp3) is 0.529.